The Kier molecular flexibility index (Phi) is 7.16. The maximum Gasteiger partial charge on any atom is 0.421 e. The van der Waals surface area contributed by atoms with Gasteiger partial charge in [0, 0.05) is 44.8 Å². The van der Waals surface area contributed by atoms with Gasteiger partial charge in [0.15, 0.2) is 5.82 Å². The normalized spacial score (nSPS) is 19.0. The standard InChI is InChI=1S/C26H30F3N7O/c1-18(2)34-11-13-35(14-12-34)20-8-9-23(30-16-20)32-25-31-17-21(26(27,28)29)24(33-25)36-22(10-15-37-36)19-6-4-3-5-7-19/h3-9,16-18,22H,10-15H2,1-2H3,(H,30,31,32,33). The van der Waals surface area contributed by atoms with Gasteiger partial charge >= 0.3 is 6.18 Å². The average molecular weight is 514 g/mol. The van der Waals surface area contributed by atoms with Crippen LogP contribution in [0.4, 0.5) is 36.4 Å². The third-order valence-corrected chi connectivity index (χ3v) is 6.77. The monoisotopic (exact) mass is 513 g/mol. The molecule has 1 aromatic carbocycles. The molecular weight excluding hydrogens is 483 g/mol. The first-order valence-corrected chi connectivity index (χ1v) is 12.4. The molecule has 3 aromatic rings. The molecule has 0 spiro atoms. The zero-order chi connectivity index (χ0) is 26.0. The van der Waals surface area contributed by atoms with E-state index in [1.165, 1.54) is 5.06 Å². The summed E-state index contributed by atoms with van der Waals surface area (Å²) < 4.78 is 41.6. The largest absolute Gasteiger partial charge is 0.421 e. The van der Waals surface area contributed by atoms with Crippen molar-refractivity contribution in [3.8, 4) is 0 Å². The number of alkyl halides is 3. The summed E-state index contributed by atoms with van der Waals surface area (Å²) in [7, 11) is 0. The first-order chi connectivity index (χ1) is 17.8. The van der Waals surface area contributed by atoms with Crippen molar-refractivity contribution in [3.63, 3.8) is 0 Å². The van der Waals surface area contributed by atoms with Crippen LogP contribution in [-0.2, 0) is 11.0 Å². The summed E-state index contributed by atoms with van der Waals surface area (Å²) in [5, 5.41) is 4.19. The summed E-state index contributed by atoms with van der Waals surface area (Å²) in [6.07, 6.45) is -1.55. The molecule has 2 aliphatic rings. The van der Waals surface area contributed by atoms with E-state index in [4.69, 9.17) is 4.84 Å². The molecule has 0 saturated carbocycles. The minimum absolute atomic E-state index is 0.0103. The molecule has 0 amide bonds. The van der Waals surface area contributed by atoms with E-state index in [1.54, 1.807) is 12.3 Å². The maximum absolute atomic E-state index is 13.9. The van der Waals surface area contributed by atoms with Crippen molar-refractivity contribution in [2.45, 2.75) is 38.5 Å². The Hall–Kier alpha value is -3.44. The molecule has 5 rings (SSSR count). The van der Waals surface area contributed by atoms with Crippen LogP contribution in [0, 0.1) is 0 Å². The highest BCUT2D eigenvalue weighted by molar-refractivity contribution is 5.57. The minimum atomic E-state index is -4.64. The van der Waals surface area contributed by atoms with E-state index in [1.807, 2.05) is 36.4 Å². The van der Waals surface area contributed by atoms with Crippen molar-refractivity contribution in [2.24, 2.45) is 0 Å². The van der Waals surface area contributed by atoms with E-state index >= 15 is 0 Å². The van der Waals surface area contributed by atoms with Crippen LogP contribution >= 0.6 is 0 Å². The van der Waals surface area contributed by atoms with Gasteiger partial charge in [-0.2, -0.15) is 18.2 Å². The lowest BCUT2D eigenvalue weighted by Crippen LogP contribution is -2.48. The molecule has 2 fully saturated rings. The molecule has 11 heteroatoms. The molecule has 0 radical (unpaired) electrons. The van der Waals surface area contributed by atoms with Crippen LogP contribution in [0.1, 0.15) is 37.4 Å². The maximum atomic E-state index is 13.9. The molecule has 0 bridgehead atoms. The molecule has 2 aliphatic heterocycles. The molecule has 196 valence electrons. The molecule has 2 aromatic heterocycles. The van der Waals surface area contributed by atoms with E-state index in [9.17, 15) is 13.2 Å². The average Bonchev–Trinajstić information content (AvgIpc) is 3.39. The lowest BCUT2D eigenvalue weighted by molar-refractivity contribution is -0.138. The summed E-state index contributed by atoms with van der Waals surface area (Å²) in [5.41, 5.74) is 0.900. The second-order valence-corrected chi connectivity index (χ2v) is 9.45. The second kappa shape index (κ2) is 10.5. The van der Waals surface area contributed by atoms with E-state index in [2.05, 4.69) is 43.9 Å². The lowest BCUT2D eigenvalue weighted by Gasteiger charge is -2.38. The van der Waals surface area contributed by atoms with Crippen LogP contribution in [0.15, 0.2) is 54.9 Å². The van der Waals surface area contributed by atoms with Gasteiger partial charge < -0.3 is 10.2 Å². The fourth-order valence-corrected chi connectivity index (χ4v) is 4.72. The molecular formula is C26H30F3N7O. The fourth-order valence-electron chi connectivity index (χ4n) is 4.72. The van der Waals surface area contributed by atoms with Crippen LogP contribution < -0.4 is 15.3 Å². The van der Waals surface area contributed by atoms with E-state index in [0.717, 1.165) is 43.6 Å². The molecule has 1 atom stereocenters. The van der Waals surface area contributed by atoms with Gasteiger partial charge in [-0.15, -0.1) is 0 Å². The number of hydrogen-bond donors (Lipinski definition) is 1. The Morgan fingerprint density at radius 3 is 2.38 bits per heavy atom. The summed E-state index contributed by atoms with van der Waals surface area (Å²) in [5.74, 6) is 0.129. The number of benzene rings is 1. The van der Waals surface area contributed by atoms with Crippen LogP contribution in [0.5, 0.6) is 0 Å². The highest BCUT2D eigenvalue weighted by atomic mass is 19.4. The number of hydrogen-bond acceptors (Lipinski definition) is 8. The molecule has 37 heavy (non-hydrogen) atoms. The van der Waals surface area contributed by atoms with Crippen molar-refractivity contribution in [1.29, 1.82) is 0 Å². The summed E-state index contributed by atoms with van der Waals surface area (Å²) in [6, 6.07) is 13.2. The number of aromatic nitrogens is 3. The third kappa shape index (κ3) is 5.62. The number of nitrogens with zero attached hydrogens (tertiary/aromatic N) is 6. The predicted octanol–water partition coefficient (Wildman–Crippen LogP) is 5.05. The number of nitrogens with one attached hydrogen (secondary N) is 1. The Morgan fingerprint density at radius 2 is 1.73 bits per heavy atom. The van der Waals surface area contributed by atoms with Gasteiger partial charge in [-0.25, -0.2) is 15.0 Å². The smallest absolute Gasteiger partial charge is 0.368 e. The first kappa shape index (κ1) is 25.2. The van der Waals surface area contributed by atoms with Gasteiger partial charge in [-0.3, -0.25) is 9.74 Å². The van der Waals surface area contributed by atoms with E-state index in [0.29, 0.717) is 18.3 Å². The van der Waals surface area contributed by atoms with Crippen molar-refractivity contribution in [2.75, 3.05) is 48.1 Å². The van der Waals surface area contributed by atoms with Gasteiger partial charge in [0.2, 0.25) is 5.95 Å². The molecule has 1 N–H and O–H groups in total. The van der Waals surface area contributed by atoms with Gasteiger partial charge in [0.1, 0.15) is 11.4 Å². The molecule has 2 saturated heterocycles. The second-order valence-electron chi connectivity index (χ2n) is 9.45. The zero-order valence-electron chi connectivity index (χ0n) is 20.8. The lowest BCUT2D eigenvalue weighted by atomic mass is 10.0. The fraction of sp³-hybridized carbons (Fsp3) is 0.423. The van der Waals surface area contributed by atoms with Gasteiger partial charge in [-0.05, 0) is 31.5 Å². The SMILES string of the molecule is CC(C)N1CCN(c2ccc(Nc3ncc(C(F)(F)F)c(N4OCCC4c4ccccc4)n3)nc2)CC1. The number of halogens is 3. The van der Waals surface area contributed by atoms with Gasteiger partial charge in [-0.1, -0.05) is 30.3 Å². The molecule has 0 aliphatic carbocycles. The Bertz CT molecular complexity index is 1180. The van der Waals surface area contributed by atoms with Crippen LogP contribution in [-0.4, -0.2) is 58.7 Å². The zero-order valence-corrected chi connectivity index (χ0v) is 20.8. The van der Waals surface area contributed by atoms with E-state index in [-0.39, 0.29) is 18.4 Å². The molecule has 4 heterocycles. The molecule has 8 nitrogen and oxygen atoms in total. The predicted molar refractivity (Wildman–Crippen MR) is 136 cm³/mol. The number of rotatable bonds is 6. The highest BCUT2D eigenvalue weighted by Crippen LogP contribution is 2.41. The number of anilines is 4. The van der Waals surface area contributed by atoms with E-state index < -0.39 is 17.8 Å². The van der Waals surface area contributed by atoms with Crippen LogP contribution in [0.25, 0.3) is 0 Å². The number of piperazine rings is 1. The number of hydroxylamine groups is 1. The minimum Gasteiger partial charge on any atom is -0.368 e. The topological polar surface area (TPSA) is 69.7 Å². The quantitative estimate of drug-likeness (QED) is 0.491. The summed E-state index contributed by atoms with van der Waals surface area (Å²) in [4.78, 5) is 23.0. The third-order valence-electron chi connectivity index (χ3n) is 6.77. The van der Waals surface area contributed by atoms with Crippen molar-refractivity contribution < 1.29 is 18.0 Å². The van der Waals surface area contributed by atoms with Crippen LogP contribution in [0.2, 0.25) is 0 Å². The Labute approximate surface area is 214 Å². The first-order valence-electron chi connectivity index (χ1n) is 12.4. The Balaban J connectivity index is 1.35. The highest BCUT2D eigenvalue weighted by Gasteiger charge is 2.40. The molecule has 1 unspecified atom stereocenters. The summed E-state index contributed by atoms with van der Waals surface area (Å²) >= 11 is 0. The Morgan fingerprint density at radius 1 is 0.973 bits per heavy atom. The summed E-state index contributed by atoms with van der Waals surface area (Å²) in [6.45, 7) is 8.49. The van der Waals surface area contributed by atoms with Gasteiger partial charge in [0.05, 0.1) is 24.5 Å². The van der Waals surface area contributed by atoms with Crippen molar-refractivity contribution in [1.82, 2.24) is 19.9 Å². The van der Waals surface area contributed by atoms with Crippen molar-refractivity contribution in [3.05, 3.63) is 66.0 Å². The van der Waals surface area contributed by atoms with Crippen molar-refractivity contribution >= 4 is 23.3 Å². The van der Waals surface area contributed by atoms with Gasteiger partial charge in [0.25, 0.3) is 0 Å². The van der Waals surface area contributed by atoms with Crippen LogP contribution in [0.3, 0.4) is 0 Å². The number of pyridine rings is 1.